The van der Waals surface area contributed by atoms with Gasteiger partial charge in [0.05, 0.1) is 11.3 Å². The molecule has 1 saturated heterocycles. The van der Waals surface area contributed by atoms with Crippen LogP contribution in [-0.2, 0) is 24.3 Å². The van der Waals surface area contributed by atoms with E-state index < -0.39 is 6.04 Å². The molecule has 0 spiro atoms. The average molecular weight is 388 g/mol. The van der Waals surface area contributed by atoms with Crippen LogP contribution in [0.25, 0.3) is 0 Å². The predicted molar refractivity (Wildman–Crippen MR) is 102 cm³/mol. The number of carbonyl (C=O) groups is 2. The number of thiophene rings is 1. The van der Waals surface area contributed by atoms with E-state index in [-0.39, 0.29) is 11.8 Å². The van der Waals surface area contributed by atoms with Crippen molar-refractivity contribution in [3.8, 4) is 0 Å². The summed E-state index contributed by atoms with van der Waals surface area (Å²) in [5.41, 5.74) is 3.95. The Morgan fingerprint density at radius 2 is 2.22 bits per heavy atom. The first-order valence-corrected chi connectivity index (χ1v) is 10.1. The Balaban J connectivity index is 1.44. The number of likely N-dealkylation sites (tertiary alicyclic amines) is 1. The van der Waals surface area contributed by atoms with Gasteiger partial charge in [0.15, 0.2) is 0 Å². The standard InChI is InChI=1S/C19H24N4O3S/c1-11-14(12(2)26-21-11)8-23-7-4-13-15(10-27-17(13)9-23)18(24)20-16-5-6-22(3)19(16)25/h10,16H,4-9H2,1-3H3,(H,20,24)/t16-/m1/s1. The number of nitrogens with one attached hydrogen (secondary N) is 1. The lowest BCUT2D eigenvalue weighted by atomic mass is 10.0. The van der Waals surface area contributed by atoms with Gasteiger partial charge in [-0.15, -0.1) is 11.3 Å². The predicted octanol–water partition coefficient (Wildman–Crippen LogP) is 1.87. The maximum atomic E-state index is 12.7. The van der Waals surface area contributed by atoms with Crippen LogP contribution < -0.4 is 5.32 Å². The van der Waals surface area contributed by atoms with Crippen molar-refractivity contribution in [3.63, 3.8) is 0 Å². The van der Waals surface area contributed by atoms with Gasteiger partial charge in [0.1, 0.15) is 11.8 Å². The molecule has 0 aliphatic carbocycles. The van der Waals surface area contributed by atoms with E-state index >= 15 is 0 Å². The number of rotatable bonds is 4. The summed E-state index contributed by atoms with van der Waals surface area (Å²) < 4.78 is 5.26. The Bertz CT molecular complexity index is 868. The summed E-state index contributed by atoms with van der Waals surface area (Å²) >= 11 is 1.63. The molecule has 4 heterocycles. The lowest BCUT2D eigenvalue weighted by Gasteiger charge is -2.27. The molecule has 1 N–H and O–H groups in total. The molecule has 2 aromatic heterocycles. The molecule has 0 saturated carbocycles. The number of aryl methyl sites for hydroxylation is 2. The zero-order chi connectivity index (χ0) is 19.1. The van der Waals surface area contributed by atoms with Crippen LogP contribution in [0.2, 0.25) is 0 Å². The van der Waals surface area contributed by atoms with Crippen LogP contribution in [0.5, 0.6) is 0 Å². The molecule has 0 unspecified atom stereocenters. The SMILES string of the molecule is Cc1noc(C)c1CN1CCc2c(C(=O)N[C@@H]3CCN(C)C3=O)csc2C1. The minimum absolute atomic E-state index is 0.00177. The summed E-state index contributed by atoms with van der Waals surface area (Å²) in [6.07, 6.45) is 1.52. The van der Waals surface area contributed by atoms with Crippen molar-refractivity contribution in [1.29, 1.82) is 0 Å². The maximum Gasteiger partial charge on any atom is 0.253 e. The Kier molecular flexibility index (Phi) is 4.77. The van der Waals surface area contributed by atoms with Crippen LogP contribution in [0.4, 0.5) is 0 Å². The molecular formula is C19H24N4O3S. The Labute approximate surface area is 162 Å². The molecule has 2 amide bonds. The van der Waals surface area contributed by atoms with Gasteiger partial charge in [0, 0.05) is 49.0 Å². The van der Waals surface area contributed by atoms with Gasteiger partial charge in [-0.3, -0.25) is 14.5 Å². The van der Waals surface area contributed by atoms with Crippen molar-refractivity contribution in [2.24, 2.45) is 0 Å². The van der Waals surface area contributed by atoms with Gasteiger partial charge >= 0.3 is 0 Å². The minimum atomic E-state index is -0.391. The van der Waals surface area contributed by atoms with Crippen molar-refractivity contribution < 1.29 is 14.1 Å². The third-order valence-corrected chi connectivity index (χ3v) is 6.58. The summed E-state index contributed by atoms with van der Waals surface area (Å²) in [7, 11) is 1.77. The molecule has 1 fully saturated rings. The molecule has 4 rings (SSSR count). The molecule has 27 heavy (non-hydrogen) atoms. The van der Waals surface area contributed by atoms with Gasteiger partial charge in [-0.05, 0) is 32.3 Å². The molecule has 2 aliphatic heterocycles. The monoisotopic (exact) mass is 388 g/mol. The Morgan fingerprint density at radius 3 is 2.89 bits per heavy atom. The first-order valence-electron chi connectivity index (χ1n) is 9.23. The van der Waals surface area contributed by atoms with E-state index in [2.05, 4.69) is 15.4 Å². The van der Waals surface area contributed by atoms with E-state index in [9.17, 15) is 9.59 Å². The molecule has 144 valence electrons. The van der Waals surface area contributed by atoms with Crippen LogP contribution in [0.15, 0.2) is 9.90 Å². The van der Waals surface area contributed by atoms with Crippen molar-refractivity contribution >= 4 is 23.2 Å². The third kappa shape index (κ3) is 3.39. The highest BCUT2D eigenvalue weighted by Crippen LogP contribution is 2.30. The van der Waals surface area contributed by atoms with E-state index in [1.165, 1.54) is 4.88 Å². The van der Waals surface area contributed by atoms with E-state index in [4.69, 9.17) is 4.52 Å². The van der Waals surface area contributed by atoms with Crippen LogP contribution >= 0.6 is 11.3 Å². The van der Waals surface area contributed by atoms with Crippen LogP contribution in [-0.4, -0.2) is 52.9 Å². The molecule has 2 aromatic rings. The van der Waals surface area contributed by atoms with Gasteiger partial charge in [-0.2, -0.15) is 0 Å². The molecule has 0 bridgehead atoms. The number of fused-ring (bicyclic) bond motifs is 1. The summed E-state index contributed by atoms with van der Waals surface area (Å²) in [5.74, 6) is 0.745. The smallest absolute Gasteiger partial charge is 0.253 e. The van der Waals surface area contributed by atoms with Gasteiger partial charge < -0.3 is 14.7 Å². The summed E-state index contributed by atoms with van der Waals surface area (Å²) in [6, 6.07) is -0.391. The van der Waals surface area contributed by atoms with Crippen LogP contribution in [0.3, 0.4) is 0 Å². The van der Waals surface area contributed by atoms with Gasteiger partial charge in [-0.25, -0.2) is 0 Å². The first-order chi connectivity index (χ1) is 12.9. The van der Waals surface area contributed by atoms with E-state index in [1.807, 2.05) is 19.2 Å². The number of likely N-dealkylation sites (N-methyl/N-ethyl adjacent to an activating group) is 1. The highest BCUT2D eigenvalue weighted by molar-refractivity contribution is 7.10. The number of nitrogens with zero attached hydrogens (tertiary/aromatic N) is 3. The molecular weight excluding hydrogens is 364 g/mol. The number of amides is 2. The molecule has 1 atom stereocenters. The average Bonchev–Trinajstić information content (AvgIpc) is 3.30. The highest BCUT2D eigenvalue weighted by Gasteiger charge is 2.32. The third-order valence-electron chi connectivity index (χ3n) is 5.57. The zero-order valence-corrected chi connectivity index (χ0v) is 16.7. The molecule has 2 aliphatic rings. The fourth-order valence-corrected chi connectivity index (χ4v) is 4.97. The topological polar surface area (TPSA) is 78.7 Å². The Morgan fingerprint density at radius 1 is 1.41 bits per heavy atom. The van der Waals surface area contributed by atoms with Crippen molar-refractivity contribution in [2.75, 3.05) is 20.1 Å². The van der Waals surface area contributed by atoms with E-state index in [0.29, 0.717) is 13.0 Å². The van der Waals surface area contributed by atoms with Crippen molar-refractivity contribution in [3.05, 3.63) is 38.4 Å². The number of hydrogen-bond acceptors (Lipinski definition) is 6. The molecule has 7 nitrogen and oxygen atoms in total. The molecule has 8 heteroatoms. The molecule has 0 radical (unpaired) electrons. The Hall–Kier alpha value is -2.19. The second kappa shape index (κ2) is 7.09. The lowest BCUT2D eigenvalue weighted by Crippen LogP contribution is -2.41. The fraction of sp³-hybridized carbons (Fsp3) is 0.526. The number of carbonyl (C=O) groups excluding carboxylic acids is 2. The second-order valence-electron chi connectivity index (χ2n) is 7.39. The first kappa shape index (κ1) is 18.2. The zero-order valence-electron chi connectivity index (χ0n) is 15.9. The quantitative estimate of drug-likeness (QED) is 0.865. The minimum Gasteiger partial charge on any atom is -0.361 e. The van der Waals surface area contributed by atoms with Crippen LogP contribution in [0, 0.1) is 13.8 Å². The summed E-state index contributed by atoms with van der Waals surface area (Å²) in [4.78, 5) is 30.0. The molecule has 0 aromatic carbocycles. The van der Waals surface area contributed by atoms with Crippen molar-refractivity contribution in [2.45, 2.75) is 45.8 Å². The largest absolute Gasteiger partial charge is 0.361 e. The van der Waals surface area contributed by atoms with Gasteiger partial charge in [0.25, 0.3) is 5.91 Å². The summed E-state index contributed by atoms with van der Waals surface area (Å²) in [5, 5.41) is 8.88. The maximum absolute atomic E-state index is 12.7. The lowest BCUT2D eigenvalue weighted by molar-refractivity contribution is -0.128. The fourth-order valence-electron chi connectivity index (χ4n) is 3.85. The summed E-state index contributed by atoms with van der Waals surface area (Å²) in [6.45, 7) is 7.13. The van der Waals surface area contributed by atoms with Crippen LogP contribution in [0.1, 0.15) is 44.2 Å². The van der Waals surface area contributed by atoms with E-state index in [0.717, 1.165) is 54.2 Å². The highest BCUT2D eigenvalue weighted by atomic mass is 32.1. The van der Waals surface area contributed by atoms with Gasteiger partial charge in [-0.1, -0.05) is 5.16 Å². The van der Waals surface area contributed by atoms with Gasteiger partial charge in [0.2, 0.25) is 5.91 Å². The van der Waals surface area contributed by atoms with E-state index in [1.54, 1.807) is 23.3 Å². The number of hydrogen-bond donors (Lipinski definition) is 1. The number of aromatic nitrogens is 1. The second-order valence-corrected chi connectivity index (χ2v) is 8.35. The normalized spacial score (nSPS) is 20.2. The van der Waals surface area contributed by atoms with Crippen molar-refractivity contribution in [1.82, 2.24) is 20.3 Å².